The third kappa shape index (κ3) is 3.39. The largest absolute Gasteiger partial charge is 0.344 e. The van der Waals surface area contributed by atoms with Crippen molar-refractivity contribution in [3.63, 3.8) is 0 Å². The Morgan fingerprint density at radius 1 is 1.07 bits per heavy atom. The summed E-state index contributed by atoms with van der Waals surface area (Å²) in [5.74, 6) is -0.811. The molecule has 0 radical (unpaired) electrons. The van der Waals surface area contributed by atoms with Gasteiger partial charge in [-0.2, -0.15) is 9.81 Å². The van der Waals surface area contributed by atoms with Crippen LogP contribution in [0.3, 0.4) is 0 Å². The molecule has 0 spiro atoms. The van der Waals surface area contributed by atoms with E-state index in [9.17, 15) is 14.4 Å². The first-order valence-electron chi connectivity index (χ1n) is 9.38. The van der Waals surface area contributed by atoms with Crippen LogP contribution < -0.4 is 10.7 Å². The fraction of sp³-hybridized carbons (Fsp3) is 0.200. The monoisotopic (exact) mass is 405 g/mol. The second kappa shape index (κ2) is 7.74. The molecule has 4 rings (SSSR count). The Bertz CT molecular complexity index is 1080. The van der Waals surface area contributed by atoms with Crippen molar-refractivity contribution >= 4 is 17.8 Å². The molecule has 152 valence electrons. The highest BCUT2D eigenvalue weighted by Crippen LogP contribution is 2.31. The second-order valence-electron chi connectivity index (χ2n) is 6.74. The first-order valence-corrected chi connectivity index (χ1v) is 9.38. The Morgan fingerprint density at radius 2 is 1.73 bits per heavy atom. The number of nitrogens with one attached hydrogen (secondary N) is 2. The predicted molar refractivity (Wildman–Crippen MR) is 105 cm³/mol. The maximum atomic E-state index is 13.0. The number of nitrogens with zero attached hydrogens (tertiary/aromatic N) is 5. The molecule has 0 unspecified atom stereocenters. The highest BCUT2D eigenvalue weighted by atomic mass is 16.2. The average molecular weight is 405 g/mol. The van der Waals surface area contributed by atoms with Gasteiger partial charge in [-0.3, -0.25) is 15.0 Å². The quantitative estimate of drug-likeness (QED) is 0.595. The smallest absolute Gasteiger partial charge is 0.318 e. The molecular weight excluding hydrogens is 386 g/mol. The molecule has 0 bridgehead atoms. The molecule has 0 saturated carbocycles. The summed E-state index contributed by atoms with van der Waals surface area (Å²) in [6, 6.07) is 17.4. The highest BCUT2D eigenvalue weighted by molar-refractivity contribution is 6.08. The summed E-state index contributed by atoms with van der Waals surface area (Å²) >= 11 is 0. The van der Waals surface area contributed by atoms with Crippen molar-refractivity contribution in [1.82, 2.24) is 36.0 Å². The van der Waals surface area contributed by atoms with Crippen molar-refractivity contribution in [1.29, 1.82) is 0 Å². The van der Waals surface area contributed by atoms with Crippen molar-refractivity contribution in [2.24, 2.45) is 0 Å². The fourth-order valence-corrected chi connectivity index (χ4v) is 3.34. The molecule has 1 aromatic heterocycles. The topological polar surface area (TPSA) is 122 Å². The van der Waals surface area contributed by atoms with Gasteiger partial charge in [0.25, 0.3) is 11.8 Å². The third-order valence-corrected chi connectivity index (χ3v) is 4.89. The summed E-state index contributed by atoms with van der Waals surface area (Å²) < 4.78 is 0. The fourth-order valence-electron chi connectivity index (χ4n) is 3.34. The minimum Gasteiger partial charge on any atom is -0.318 e. The Labute approximate surface area is 171 Å². The molecular formula is C20H19N7O3. The van der Waals surface area contributed by atoms with Crippen LogP contribution in [-0.4, -0.2) is 43.1 Å². The van der Waals surface area contributed by atoms with Gasteiger partial charge >= 0.3 is 6.03 Å². The zero-order valence-electron chi connectivity index (χ0n) is 16.1. The summed E-state index contributed by atoms with van der Waals surface area (Å²) in [5, 5.41) is 15.3. The van der Waals surface area contributed by atoms with Crippen molar-refractivity contribution in [2.45, 2.75) is 25.4 Å². The Hall–Kier alpha value is -4.08. The number of carbonyl (C=O) groups is 3. The van der Waals surface area contributed by atoms with E-state index in [1.54, 1.807) is 31.2 Å². The summed E-state index contributed by atoms with van der Waals surface area (Å²) in [7, 11) is 0. The number of imide groups is 1. The number of carbonyl (C=O) groups excluding carboxylic acids is 3. The first kappa shape index (κ1) is 19.2. The maximum Gasteiger partial charge on any atom is 0.344 e. The van der Waals surface area contributed by atoms with Crippen molar-refractivity contribution in [2.75, 3.05) is 0 Å². The van der Waals surface area contributed by atoms with Gasteiger partial charge < -0.3 is 5.32 Å². The SMILES string of the molecule is CC[C@]1(c2ccccc2)NC(=O)N(NC(=O)Cn2nnc(-c3ccccc3)n2)C1=O. The van der Waals surface area contributed by atoms with Crippen LogP contribution in [0.15, 0.2) is 60.7 Å². The summed E-state index contributed by atoms with van der Waals surface area (Å²) in [6.45, 7) is 1.49. The van der Waals surface area contributed by atoms with E-state index in [-0.39, 0.29) is 6.54 Å². The van der Waals surface area contributed by atoms with Crippen LogP contribution in [0.25, 0.3) is 11.4 Å². The van der Waals surface area contributed by atoms with Gasteiger partial charge in [-0.25, -0.2) is 4.79 Å². The average Bonchev–Trinajstić information content (AvgIpc) is 3.33. The number of urea groups is 1. The van der Waals surface area contributed by atoms with Gasteiger partial charge in [-0.05, 0) is 17.2 Å². The van der Waals surface area contributed by atoms with Gasteiger partial charge in [0.05, 0.1) is 0 Å². The molecule has 1 atom stereocenters. The van der Waals surface area contributed by atoms with Gasteiger partial charge in [-0.15, -0.1) is 10.2 Å². The summed E-state index contributed by atoms with van der Waals surface area (Å²) in [5.41, 5.74) is 2.52. The number of benzene rings is 2. The number of rotatable bonds is 6. The van der Waals surface area contributed by atoms with Crippen LogP contribution in [-0.2, 0) is 21.7 Å². The Balaban J connectivity index is 1.47. The van der Waals surface area contributed by atoms with E-state index in [0.29, 0.717) is 22.8 Å². The molecule has 1 saturated heterocycles. The minimum absolute atomic E-state index is 0.304. The lowest BCUT2D eigenvalue weighted by Crippen LogP contribution is -2.49. The molecule has 0 aliphatic carbocycles. The van der Waals surface area contributed by atoms with Crippen LogP contribution >= 0.6 is 0 Å². The molecule has 2 aromatic carbocycles. The van der Waals surface area contributed by atoms with E-state index in [1.165, 1.54) is 0 Å². The van der Waals surface area contributed by atoms with Crippen LogP contribution in [0.5, 0.6) is 0 Å². The van der Waals surface area contributed by atoms with Crippen molar-refractivity contribution in [3.05, 3.63) is 66.2 Å². The standard InChI is InChI=1S/C20H19N7O3/c1-2-20(15-11-7-4-8-12-15)18(29)27(19(30)21-20)23-16(28)13-26-24-17(22-25-26)14-9-5-3-6-10-14/h3-12H,2,13H2,1H3,(H,21,30)(H,23,28)/t20-/m1/s1. The second-order valence-corrected chi connectivity index (χ2v) is 6.74. The Morgan fingerprint density at radius 3 is 2.40 bits per heavy atom. The van der Waals surface area contributed by atoms with Gasteiger partial charge in [0.1, 0.15) is 12.1 Å². The number of amides is 4. The Kier molecular flexibility index (Phi) is 4.97. The molecule has 4 amide bonds. The van der Waals surface area contributed by atoms with Gasteiger partial charge in [0.2, 0.25) is 5.82 Å². The van der Waals surface area contributed by atoms with E-state index >= 15 is 0 Å². The van der Waals surface area contributed by atoms with E-state index in [2.05, 4.69) is 26.2 Å². The molecule has 1 fully saturated rings. The van der Waals surface area contributed by atoms with E-state index in [4.69, 9.17) is 0 Å². The normalized spacial score (nSPS) is 18.4. The number of aromatic nitrogens is 4. The van der Waals surface area contributed by atoms with Gasteiger partial charge in [-0.1, -0.05) is 67.6 Å². The van der Waals surface area contributed by atoms with E-state index in [1.807, 2.05) is 36.4 Å². The lowest BCUT2D eigenvalue weighted by Gasteiger charge is -2.25. The van der Waals surface area contributed by atoms with Crippen LogP contribution in [0.4, 0.5) is 4.79 Å². The molecule has 1 aliphatic rings. The lowest BCUT2D eigenvalue weighted by atomic mass is 9.87. The predicted octanol–water partition coefficient (Wildman–Crippen LogP) is 1.23. The maximum absolute atomic E-state index is 13.0. The summed E-state index contributed by atoms with van der Waals surface area (Å²) in [4.78, 5) is 39.0. The lowest BCUT2D eigenvalue weighted by molar-refractivity contribution is -0.139. The van der Waals surface area contributed by atoms with Gasteiger partial charge in [0.15, 0.2) is 0 Å². The number of tetrazole rings is 1. The van der Waals surface area contributed by atoms with E-state index < -0.39 is 23.4 Å². The molecule has 30 heavy (non-hydrogen) atoms. The number of hydrogen-bond acceptors (Lipinski definition) is 6. The number of hydrogen-bond donors (Lipinski definition) is 2. The van der Waals surface area contributed by atoms with Crippen molar-refractivity contribution < 1.29 is 14.4 Å². The molecule has 2 N–H and O–H groups in total. The van der Waals surface area contributed by atoms with Crippen LogP contribution in [0.2, 0.25) is 0 Å². The zero-order chi connectivity index (χ0) is 21.1. The van der Waals surface area contributed by atoms with Crippen molar-refractivity contribution in [3.8, 4) is 11.4 Å². The third-order valence-electron chi connectivity index (χ3n) is 4.89. The molecule has 3 aromatic rings. The van der Waals surface area contributed by atoms with Crippen LogP contribution in [0.1, 0.15) is 18.9 Å². The molecule has 10 nitrogen and oxygen atoms in total. The minimum atomic E-state index is -1.22. The summed E-state index contributed by atoms with van der Waals surface area (Å²) in [6.07, 6.45) is 0.332. The first-order chi connectivity index (χ1) is 14.5. The molecule has 1 aliphatic heterocycles. The highest BCUT2D eigenvalue weighted by Gasteiger charge is 2.52. The van der Waals surface area contributed by atoms with Gasteiger partial charge in [0, 0.05) is 5.56 Å². The molecule has 2 heterocycles. The zero-order valence-corrected chi connectivity index (χ0v) is 16.1. The molecule has 10 heteroatoms. The van der Waals surface area contributed by atoms with E-state index in [0.717, 1.165) is 10.4 Å². The van der Waals surface area contributed by atoms with Crippen LogP contribution in [0, 0.1) is 0 Å². The number of hydrazine groups is 1.